The third-order valence-electron chi connectivity index (χ3n) is 14.0. The van der Waals surface area contributed by atoms with E-state index in [1.807, 2.05) is 0 Å². The Morgan fingerprint density at radius 2 is 1.52 bits per heavy atom. The summed E-state index contributed by atoms with van der Waals surface area (Å²) in [5.74, 6) is 3.02. The van der Waals surface area contributed by atoms with Gasteiger partial charge >= 0.3 is 0 Å². The van der Waals surface area contributed by atoms with Crippen molar-refractivity contribution in [2.45, 2.75) is 119 Å². The van der Waals surface area contributed by atoms with Gasteiger partial charge in [0.1, 0.15) is 0 Å². The molecular formula is C30H49NO2. The average molecular weight is 456 g/mol. The van der Waals surface area contributed by atoms with Crippen LogP contribution in [0.15, 0.2) is 5.16 Å². The van der Waals surface area contributed by atoms with Crippen molar-refractivity contribution in [1.82, 2.24) is 0 Å². The first-order valence-electron chi connectivity index (χ1n) is 14.2. The summed E-state index contributed by atoms with van der Waals surface area (Å²) in [7, 11) is 0. The fourth-order valence-electron chi connectivity index (χ4n) is 12.0. The predicted molar refractivity (Wildman–Crippen MR) is 133 cm³/mol. The first-order chi connectivity index (χ1) is 15.4. The average Bonchev–Trinajstić information content (AvgIpc) is 3.07. The Kier molecular flexibility index (Phi) is 4.57. The molecule has 33 heavy (non-hydrogen) atoms. The topological polar surface area (TPSA) is 41.8 Å². The lowest BCUT2D eigenvalue weighted by molar-refractivity contribution is -0.235. The molecule has 6 rings (SSSR count). The zero-order chi connectivity index (χ0) is 23.7. The van der Waals surface area contributed by atoms with Crippen LogP contribution >= 0.6 is 0 Å². The Morgan fingerprint density at radius 3 is 2.24 bits per heavy atom. The molecule has 5 aliphatic carbocycles. The van der Waals surface area contributed by atoms with Crippen molar-refractivity contribution in [1.29, 1.82) is 0 Å². The smallest absolute Gasteiger partial charge is 0.0663 e. The number of ether oxygens (including phenoxy) is 1. The quantitative estimate of drug-likeness (QED) is 0.300. The normalized spacial score (nSPS) is 57.5. The lowest BCUT2D eigenvalue weighted by atomic mass is 9.31. The molecule has 3 heteroatoms. The molecule has 5 saturated carbocycles. The molecule has 9 atom stereocenters. The van der Waals surface area contributed by atoms with Crippen LogP contribution in [0.2, 0.25) is 0 Å². The van der Waals surface area contributed by atoms with Crippen molar-refractivity contribution in [3.05, 3.63) is 0 Å². The van der Waals surface area contributed by atoms with E-state index in [2.05, 4.69) is 53.6 Å². The van der Waals surface area contributed by atoms with E-state index < -0.39 is 0 Å². The SMILES string of the molecule is CC1(C)CC[C@]23CC[C@]4(C)[C@@H](CC[C@H]5[C@@]6(C)CC/C(=N\O)C(C)(C)[C@@H]6CC[C@]54C)[C@H]2[C@H]1OC3. The van der Waals surface area contributed by atoms with Gasteiger partial charge in [0.2, 0.25) is 0 Å². The fraction of sp³-hybridized carbons (Fsp3) is 0.967. The highest BCUT2D eigenvalue weighted by Crippen LogP contribution is 2.77. The zero-order valence-corrected chi connectivity index (χ0v) is 22.5. The van der Waals surface area contributed by atoms with Crippen molar-refractivity contribution >= 4 is 5.71 Å². The van der Waals surface area contributed by atoms with E-state index in [0.717, 1.165) is 36.5 Å². The summed E-state index contributed by atoms with van der Waals surface area (Å²) in [5.41, 5.74) is 3.06. The van der Waals surface area contributed by atoms with Gasteiger partial charge in [-0.2, -0.15) is 0 Å². The van der Waals surface area contributed by atoms with Crippen LogP contribution in [0.1, 0.15) is 113 Å². The zero-order valence-electron chi connectivity index (χ0n) is 22.5. The van der Waals surface area contributed by atoms with Crippen LogP contribution in [0.5, 0.6) is 0 Å². The van der Waals surface area contributed by atoms with Gasteiger partial charge in [-0.15, -0.1) is 0 Å². The van der Waals surface area contributed by atoms with Gasteiger partial charge in [-0.3, -0.25) is 0 Å². The Hall–Kier alpha value is -0.570. The molecule has 1 aliphatic heterocycles. The van der Waals surface area contributed by atoms with Gasteiger partial charge in [0.15, 0.2) is 0 Å². The summed E-state index contributed by atoms with van der Waals surface area (Å²) in [6.45, 7) is 18.8. The van der Waals surface area contributed by atoms with E-state index in [0.29, 0.717) is 39.1 Å². The molecular weight excluding hydrogens is 406 g/mol. The number of nitrogens with zero attached hydrogens (tertiary/aromatic N) is 1. The second-order valence-corrected chi connectivity index (χ2v) is 15.5. The molecule has 6 aliphatic rings. The lowest BCUT2D eigenvalue weighted by Gasteiger charge is -2.73. The van der Waals surface area contributed by atoms with Crippen molar-refractivity contribution in [3.63, 3.8) is 0 Å². The minimum Gasteiger partial charge on any atom is -0.411 e. The van der Waals surface area contributed by atoms with Crippen LogP contribution in [-0.4, -0.2) is 23.6 Å². The van der Waals surface area contributed by atoms with Crippen molar-refractivity contribution in [2.24, 2.45) is 61.3 Å². The molecule has 1 N–H and O–H groups in total. The van der Waals surface area contributed by atoms with Crippen molar-refractivity contribution in [3.8, 4) is 0 Å². The molecule has 0 amide bonds. The lowest BCUT2D eigenvalue weighted by Crippen LogP contribution is -2.67. The molecule has 0 radical (unpaired) electrons. The standard InChI is InChI=1S/C30H49NO2/c1-25(2)14-16-30-17-15-28(6)19(23(30)24(25)33-18-30)8-9-21-27(5)12-11-22(31-32)26(3,4)20(27)10-13-29(21,28)7/h19-21,23-24,32H,8-18H2,1-7H3/b31-22+/t19-,20-,21-,23-,24+,27-,28+,29+,30+/m0/s1. The van der Waals surface area contributed by atoms with E-state index in [-0.39, 0.29) is 5.41 Å². The summed E-state index contributed by atoms with van der Waals surface area (Å²) in [4.78, 5) is 0. The highest BCUT2D eigenvalue weighted by Gasteiger charge is 2.72. The fourth-order valence-corrected chi connectivity index (χ4v) is 12.0. The third-order valence-corrected chi connectivity index (χ3v) is 14.0. The van der Waals surface area contributed by atoms with E-state index >= 15 is 0 Å². The van der Waals surface area contributed by atoms with Crippen LogP contribution in [0.4, 0.5) is 0 Å². The molecule has 2 bridgehead atoms. The maximum atomic E-state index is 9.76. The van der Waals surface area contributed by atoms with Crippen LogP contribution in [0, 0.1) is 56.2 Å². The van der Waals surface area contributed by atoms with Gasteiger partial charge in [-0.1, -0.05) is 53.6 Å². The molecule has 0 unspecified atom stereocenters. The maximum Gasteiger partial charge on any atom is 0.0663 e. The first-order valence-corrected chi connectivity index (χ1v) is 14.2. The second-order valence-electron chi connectivity index (χ2n) is 15.5. The van der Waals surface area contributed by atoms with Gasteiger partial charge < -0.3 is 9.94 Å². The molecule has 186 valence electrons. The number of hydrogen-bond donors (Lipinski definition) is 1. The van der Waals surface area contributed by atoms with E-state index in [1.54, 1.807) is 0 Å². The summed E-state index contributed by atoms with van der Waals surface area (Å²) in [6.07, 6.45) is 13.6. The Morgan fingerprint density at radius 1 is 0.788 bits per heavy atom. The number of hydrogen-bond acceptors (Lipinski definition) is 3. The first kappa shape index (κ1) is 22.9. The molecule has 6 fully saturated rings. The summed E-state index contributed by atoms with van der Waals surface area (Å²) in [5, 5.41) is 13.6. The Balaban J connectivity index is 1.39. The number of oxime groups is 1. The highest BCUT2D eigenvalue weighted by molar-refractivity contribution is 5.90. The molecule has 0 aromatic rings. The monoisotopic (exact) mass is 455 g/mol. The second kappa shape index (κ2) is 6.60. The molecule has 1 heterocycles. The molecule has 1 saturated heterocycles. The van der Waals surface area contributed by atoms with E-state index in [9.17, 15) is 5.21 Å². The van der Waals surface area contributed by atoms with Crippen molar-refractivity contribution in [2.75, 3.05) is 6.61 Å². The number of fused-ring (bicyclic) bond motifs is 5. The molecule has 0 spiro atoms. The van der Waals surface area contributed by atoms with Gasteiger partial charge in [-0.05, 0) is 115 Å². The summed E-state index contributed by atoms with van der Waals surface area (Å²) in [6, 6.07) is 0. The van der Waals surface area contributed by atoms with Crippen LogP contribution in [0.25, 0.3) is 0 Å². The van der Waals surface area contributed by atoms with Gasteiger partial charge in [0.05, 0.1) is 18.4 Å². The largest absolute Gasteiger partial charge is 0.411 e. The van der Waals surface area contributed by atoms with Crippen LogP contribution < -0.4 is 0 Å². The predicted octanol–water partition coefficient (Wildman–Crippen LogP) is 7.71. The van der Waals surface area contributed by atoms with Crippen LogP contribution in [0.3, 0.4) is 0 Å². The van der Waals surface area contributed by atoms with Gasteiger partial charge in [-0.25, -0.2) is 0 Å². The highest BCUT2D eigenvalue weighted by atomic mass is 16.5. The minimum absolute atomic E-state index is 0.0117. The van der Waals surface area contributed by atoms with Crippen molar-refractivity contribution < 1.29 is 9.94 Å². The maximum absolute atomic E-state index is 9.76. The third kappa shape index (κ3) is 2.54. The number of rotatable bonds is 0. The van der Waals surface area contributed by atoms with Gasteiger partial charge in [0, 0.05) is 5.41 Å². The van der Waals surface area contributed by atoms with E-state index in [4.69, 9.17) is 4.74 Å². The minimum atomic E-state index is 0.0117. The summed E-state index contributed by atoms with van der Waals surface area (Å²) < 4.78 is 6.71. The molecule has 0 aromatic carbocycles. The van der Waals surface area contributed by atoms with Crippen LogP contribution in [-0.2, 0) is 4.74 Å². The summed E-state index contributed by atoms with van der Waals surface area (Å²) >= 11 is 0. The molecule has 0 aromatic heterocycles. The van der Waals surface area contributed by atoms with Gasteiger partial charge in [0.25, 0.3) is 0 Å². The Bertz CT molecular complexity index is 877. The Labute approximate surface area is 202 Å². The van der Waals surface area contributed by atoms with E-state index in [1.165, 1.54) is 57.8 Å². The molecule has 3 nitrogen and oxygen atoms in total.